The first-order chi connectivity index (χ1) is 12.3. The molecule has 3 amide bonds. The van der Waals surface area contributed by atoms with Crippen LogP contribution in [0.4, 0.5) is 4.79 Å². The minimum Gasteiger partial charge on any atom is -0.323 e. The van der Waals surface area contributed by atoms with Crippen molar-refractivity contribution < 1.29 is 14.5 Å². The molecule has 1 heterocycles. The van der Waals surface area contributed by atoms with Gasteiger partial charge in [-0.2, -0.15) is 0 Å². The zero-order valence-electron chi connectivity index (χ0n) is 16.5. The second-order valence-corrected chi connectivity index (χ2v) is 8.47. The molecule has 1 unspecified atom stereocenters. The lowest BCUT2D eigenvalue weighted by Gasteiger charge is -2.36. The molecule has 0 radical (unpaired) electrons. The zero-order chi connectivity index (χ0) is 18.9. The van der Waals surface area contributed by atoms with Gasteiger partial charge in [0, 0.05) is 5.56 Å². The first-order valence-electron chi connectivity index (χ1n) is 9.87. The summed E-state index contributed by atoms with van der Waals surface area (Å²) in [5.74, 6) is 0.708. The number of imide groups is 1. The summed E-state index contributed by atoms with van der Waals surface area (Å²) >= 11 is 0. The van der Waals surface area contributed by atoms with Crippen LogP contribution >= 0.6 is 0 Å². The number of carbonyl (C=O) groups is 2. The van der Waals surface area contributed by atoms with E-state index in [0.717, 1.165) is 37.1 Å². The van der Waals surface area contributed by atoms with Gasteiger partial charge in [-0.15, -0.1) is 0 Å². The van der Waals surface area contributed by atoms with Gasteiger partial charge in [-0.1, -0.05) is 57.9 Å². The Balaban J connectivity index is 1.64. The van der Waals surface area contributed by atoms with Gasteiger partial charge in [-0.3, -0.25) is 4.79 Å². The summed E-state index contributed by atoms with van der Waals surface area (Å²) < 4.78 is 0. The summed E-state index contributed by atoms with van der Waals surface area (Å²) in [6, 6.07) is 8.41. The molecule has 1 saturated heterocycles. The predicted molar refractivity (Wildman–Crippen MR) is 102 cm³/mol. The van der Waals surface area contributed by atoms with Crippen molar-refractivity contribution in [3.8, 4) is 0 Å². The van der Waals surface area contributed by atoms with Gasteiger partial charge >= 0.3 is 6.03 Å². The standard InChI is InChI=1S/C21H31N3O2/c1-15(2)18-10-8-17(9-11-18)13-23(4)14-24-19(25)21(22-20(24)26)12-6-5-7-16(21)3/h8-11,15-16H,5-7,12-14H2,1-4H3,(H,22,26)/p+1/t16-,21+/m0/s1. The van der Waals surface area contributed by atoms with E-state index in [1.165, 1.54) is 16.0 Å². The first-order valence-corrected chi connectivity index (χ1v) is 9.87. The lowest BCUT2D eigenvalue weighted by atomic mass is 9.73. The molecule has 1 aliphatic carbocycles. The van der Waals surface area contributed by atoms with E-state index in [-0.39, 0.29) is 17.9 Å². The second-order valence-electron chi connectivity index (χ2n) is 8.47. The van der Waals surface area contributed by atoms with E-state index < -0.39 is 5.54 Å². The fourth-order valence-corrected chi connectivity index (χ4v) is 4.33. The largest absolute Gasteiger partial charge is 0.329 e. The third kappa shape index (κ3) is 3.50. The van der Waals surface area contributed by atoms with Crippen LogP contribution in [0.25, 0.3) is 0 Å². The van der Waals surface area contributed by atoms with Crippen LogP contribution < -0.4 is 10.2 Å². The molecule has 2 N–H and O–H groups in total. The van der Waals surface area contributed by atoms with Crippen LogP contribution in [-0.2, 0) is 11.3 Å². The van der Waals surface area contributed by atoms with Crippen molar-refractivity contribution in [2.24, 2.45) is 5.92 Å². The third-order valence-electron chi connectivity index (χ3n) is 6.08. The van der Waals surface area contributed by atoms with Gasteiger partial charge in [0.15, 0.2) is 6.67 Å². The van der Waals surface area contributed by atoms with E-state index in [4.69, 9.17) is 0 Å². The highest BCUT2D eigenvalue weighted by Gasteiger charge is 2.55. The van der Waals surface area contributed by atoms with Crippen LogP contribution in [0.2, 0.25) is 0 Å². The number of benzene rings is 1. The number of carbonyl (C=O) groups excluding carboxylic acids is 2. The number of urea groups is 1. The number of quaternary nitrogens is 1. The molecule has 142 valence electrons. The number of nitrogens with one attached hydrogen (secondary N) is 2. The van der Waals surface area contributed by atoms with Crippen LogP contribution in [0.15, 0.2) is 24.3 Å². The molecule has 3 atom stereocenters. The summed E-state index contributed by atoms with van der Waals surface area (Å²) in [6.45, 7) is 7.66. The zero-order valence-corrected chi connectivity index (χ0v) is 16.5. The molecular weight excluding hydrogens is 326 g/mol. The van der Waals surface area contributed by atoms with Gasteiger partial charge in [0.2, 0.25) is 0 Å². The fraction of sp³-hybridized carbons (Fsp3) is 0.619. The molecule has 1 saturated carbocycles. The number of nitrogens with zero attached hydrogens (tertiary/aromatic N) is 1. The molecule has 1 spiro atoms. The maximum Gasteiger partial charge on any atom is 0.329 e. The average molecular weight is 359 g/mol. The lowest BCUT2D eigenvalue weighted by Crippen LogP contribution is -3.09. The highest BCUT2D eigenvalue weighted by atomic mass is 16.2. The van der Waals surface area contributed by atoms with E-state index in [2.05, 4.69) is 50.4 Å². The van der Waals surface area contributed by atoms with Gasteiger partial charge in [0.25, 0.3) is 5.91 Å². The van der Waals surface area contributed by atoms with E-state index in [9.17, 15) is 9.59 Å². The smallest absolute Gasteiger partial charge is 0.323 e. The Labute approximate surface area is 156 Å². The number of amides is 3. The highest BCUT2D eigenvalue weighted by Crippen LogP contribution is 2.37. The Kier molecular flexibility index (Phi) is 5.37. The van der Waals surface area contributed by atoms with Crippen molar-refractivity contribution in [3.05, 3.63) is 35.4 Å². The molecule has 5 heteroatoms. The van der Waals surface area contributed by atoms with Crippen LogP contribution in [0.1, 0.15) is 63.5 Å². The van der Waals surface area contributed by atoms with Crippen molar-refractivity contribution in [1.82, 2.24) is 10.2 Å². The Morgan fingerprint density at radius 2 is 1.92 bits per heavy atom. The minimum absolute atomic E-state index is 0.0239. The van der Waals surface area contributed by atoms with Crippen molar-refractivity contribution >= 4 is 11.9 Å². The molecule has 2 fully saturated rings. The van der Waals surface area contributed by atoms with E-state index in [1.807, 2.05) is 7.05 Å². The highest BCUT2D eigenvalue weighted by molar-refractivity contribution is 6.07. The third-order valence-corrected chi connectivity index (χ3v) is 6.08. The normalized spacial score (nSPS) is 27.3. The van der Waals surface area contributed by atoms with Crippen LogP contribution in [-0.4, -0.2) is 36.1 Å². The van der Waals surface area contributed by atoms with E-state index >= 15 is 0 Å². The molecule has 2 aliphatic rings. The summed E-state index contributed by atoms with van der Waals surface area (Å²) in [6.07, 6.45) is 3.92. The van der Waals surface area contributed by atoms with Crippen molar-refractivity contribution in [1.29, 1.82) is 0 Å². The molecule has 5 nitrogen and oxygen atoms in total. The topological polar surface area (TPSA) is 53.9 Å². The van der Waals surface area contributed by atoms with Crippen LogP contribution in [0, 0.1) is 5.92 Å². The Bertz CT molecular complexity index is 670. The summed E-state index contributed by atoms with van der Waals surface area (Å²) in [5, 5.41) is 3.03. The Morgan fingerprint density at radius 1 is 1.23 bits per heavy atom. The number of hydrogen-bond acceptors (Lipinski definition) is 2. The fourth-order valence-electron chi connectivity index (χ4n) is 4.33. The van der Waals surface area contributed by atoms with Gasteiger partial charge in [-0.05, 0) is 30.2 Å². The molecule has 1 aliphatic heterocycles. The molecule has 0 bridgehead atoms. The van der Waals surface area contributed by atoms with Gasteiger partial charge in [-0.25, -0.2) is 9.69 Å². The second kappa shape index (κ2) is 7.39. The summed E-state index contributed by atoms with van der Waals surface area (Å²) in [4.78, 5) is 28.1. The van der Waals surface area contributed by atoms with Crippen molar-refractivity contribution in [2.75, 3.05) is 13.7 Å². The van der Waals surface area contributed by atoms with Crippen LogP contribution in [0.5, 0.6) is 0 Å². The molecule has 1 aromatic carbocycles. The molecule has 0 aromatic heterocycles. The van der Waals surface area contributed by atoms with Crippen molar-refractivity contribution in [3.63, 3.8) is 0 Å². The maximum atomic E-state index is 13.0. The lowest BCUT2D eigenvalue weighted by molar-refractivity contribution is -0.901. The van der Waals surface area contributed by atoms with Crippen LogP contribution in [0.3, 0.4) is 0 Å². The first kappa shape index (κ1) is 18.9. The SMILES string of the molecule is CC(C)c1ccc(C[NH+](C)CN2C(=O)N[C@@]3(CCCC[C@@H]3C)C2=O)cc1. The summed E-state index contributed by atoms with van der Waals surface area (Å²) in [7, 11) is 2.03. The molecular formula is C21H32N3O2+. The van der Waals surface area contributed by atoms with Gasteiger partial charge in [0.1, 0.15) is 12.1 Å². The molecule has 1 aromatic rings. The van der Waals surface area contributed by atoms with E-state index in [0.29, 0.717) is 12.6 Å². The monoisotopic (exact) mass is 358 g/mol. The Hall–Kier alpha value is -1.88. The maximum absolute atomic E-state index is 13.0. The van der Waals surface area contributed by atoms with Gasteiger partial charge < -0.3 is 10.2 Å². The Morgan fingerprint density at radius 3 is 2.54 bits per heavy atom. The average Bonchev–Trinajstić information content (AvgIpc) is 2.83. The quantitative estimate of drug-likeness (QED) is 0.794. The number of rotatable bonds is 5. The number of hydrogen-bond donors (Lipinski definition) is 2. The molecule has 3 rings (SSSR count). The predicted octanol–water partition coefficient (Wildman–Crippen LogP) is 2.28. The summed E-state index contributed by atoms with van der Waals surface area (Å²) in [5.41, 5.74) is 1.89. The molecule has 26 heavy (non-hydrogen) atoms. The van der Waals surface area contributed by atoms with Gasteiger partial charge in [0.05, 0.1) is 7.05 Å². The van der Waals surface area contributed by atoms with E-state index in [1.54, 1.807) is 0 Å². The minimum atomic E-state index is -0.658. The van der Waals surface area contributed by atoms with Crippen molar-refractivity contribution in [2.45, 2.75) is 64.5 Å².